The molecule has 0 bridgehead atoms. The van der Waals surface area contributed by atoms with Crippen LogP contribution in [0.3, 0.4) is 0 Å². The molecule has 0 atom stereocenters. The second-order valence-corrected chi connectivity index (χ2v) is 5.21. The number of aromatic hydroxyl groups is 2. The smallest absolute Gasteiger partial charge is 0.348 e. The quantitative estimate of drug-likeness (QED) is 0.545. The van der Waals surface area contributed by atoms with Gasteiger partial charge in [0.25, 0.3) is 0 Å². The van der Waals surface area contributed by atoms with E-state index in [1.807, 2.05) is 0 Å². The van der Waals surface area contributed by atoms with Gasteiger partial charge in [0.1, 0.15) is 11.0 Å². The van der Waals surface area contributed by atoms with Crippen LogP contribution in [0.15, 0.2) is 37.9 Å². The summed E-state index contributed by atoms with van der Waals surface area (Å²) in [6.07, 6.45) is 0. The van der Waals surface area contributed by atoms with Gasteiger partial charge in [-0.1, -0.05) is 0 Å². The lowest BCUT2D eigenvalue weighted by atomic mass is 10.1. The SMILES string of the molecule is COc1cc2c(cc1O)oc1c3ccc(OC)c(O)c3oc(=O)c21. The fourth-order valence-corrected chi connectivity index (χ4v) is 2.81. The van der Waals surface area contributed by atoms with E-state index in [9.17, 15) is 15.0 Å². The number of phenolic OH excluding ortho intramolecular Hbond substituents is 2. The van der Waals surface area contributed by atoms with Gasteiger partial charge in [-0.15, -0.1) is 0 Å². The lowest BCUT2D eigenvalue weighted by Gasteiger charge is -2.05. The summed E-state index contributed by atoms with van der Waals surface area (Å²) >= 11 is 0. The lowest BCUT2D eigenvalue weighted by Crippen LogP contribution is -1.99. The number of furan rings is 1. The molecule has 0 saturated carbocycles. The zero-order chi connectivity index (χ0) is 17.0. The molecular formula is C17H12O7. The zero-order valence-electron chi connectivity index (χ0n) is 12.7. The van der Waals surface area contributed by atoms with Gasteiger partial charge in [0.05, 0.1) is 19.6 Å². The number of rotatable bonds is 2. The largest absolute Gasteiger partial charge is 0.504 e. The second kappa shape index (κ2) is 4.82. The van der Waals surface area contributed by atoms with Crippen LogP contribution in [-0.4, -0.2) is 24.4 Å². The summed E-state index contributed by atoms with van der Waals surface area (Å²) in [5, 5.41) is 21.1. The molecule has 4 rings (SSSR count). The lowest BCUT2D eigenvalue weighted by molar-refractivity contribution is 0.370. The van der Waals surface area contributed by atoms with Crippen LogP contribution in [0.5, 0.6) is 23.0 Å². The molecule has 0 fully saturated rings. The highest BCUT2D eigenvalue weighted by Gasteiger charge is 2.21. The minimum absolute atomic E-state index is 0.0258. The van der Waals surface area contributed by atoms with E-state index >= 15 is 0 Å². The normalized spacial score (nSPS) is 11.4. The van der Waals surface area contributed by atoms with E-state index in [0.29, 0.717) is 16.4 Å². The van der Waals surface area contributed by atoms with Crippen LogP contribution in [0.1, 0.15) is 0 Å². The first-order valence-corrected chi connectivity index (χ1v) is 7.01. The Morgan fingerprint density at radius 1 is 0.917 bits per heavy atom. The molecule has 0 saturated heterocycles. The predicted octanol–water partition coefficient (Wildman–Crippen LogP) is 3.12. The fraction of sp³-hybridized carbons (Fsp3) is 0.118. The molecule has 122 valence electrons. The summed E-state index contributed by atoms with van der Waals surface area (Å²) < 4.78 is 21.1. The molecule has 7 heteroatoms. The Balaban J connectivity index is 2.23. The van der Waals surface area contributed by atoms with Gasteiger partial charge in [-0.25, -0.2) is 4.79 Å². The first-order valence-electron chi connectivity index (χ1n) is 7.01. The van der Waals surface area contributed by atoms with E-state index in [1.165, 1.54) is 26.4 Å². The average molecular weight is 328 g/mol. The third kappa shape index (κ3) is 1.75. The average Bonchev–Trinajstić information content (AvgIpc) is 2.94. The van der Waals surface area contributed by atoms with E-state index < -0.39 is 5.63 Å². The summed E-state index contributed by atoms with van der Waals surface area (Å²) in [7, 11) is 2.80. The number of ether oxygens (including phenoxy) is 2. The predicted molar refractivity (Wildman–Crippen MR) is 86.2 cm³/mol. The molecule has 0 amide bonds. The van der Waals surface area contributed by atoms with Crippen molar-refractivity contribution in [3.05, 3.63) is 34.7 Å². The fourth-order valence-electron chi connectivity index (χ4n) is 2.81. The molecule has 24 heavy (non-hydrogen) atoms. The van der Waals surface area contributed by atoms with Crippen molar-refractivity contribution in [1.82, 2.24) is 0 Å². The van der Waals surface area contributed by atoms with Crippen molar-refractivity contribution in [2.75, 3.05) is 14.2 Å². The van der Waals surface area contributed by atoms with Crippen LogP contribution in [0, 0.1) is 0 Å². The molecular weight excluding hydrogens is 316 g/mol. The van der Waals surface area contributed by atoms with Crippen molar-refractivity contribution in [3.8, 4) is 23.0 Å². The maximum Gasteiger partial charge on any atom is 0.348 e. The van der Waals surface area contributed by atoms with E-state index in [0.717, 1.165) is 0 Å². The summed E-state index contributed by atoms with van der Waals surface area (Å²) in [5.74, 6) is -0.000139. The van der Waals surface area contributed by atoms with Crippen molar-refractivity contribution in [3.63, 3.8) is 0 Å². The van der Waals surface area contributed by atoms with Crippen LogP contribution >= 0.6 is 0 Å². The molecule has 0 spiro atoms. The van der Waals surface area contributed by atoms with Gasteiger partial charge >= 0.3 is 5.63 Å². The highest BCUT2D eigenvalue weighted by atomic mass is 16.5. The highest BCUT2D eigenvalue weighted by molar-refractivity contribution is 6.14. The number of fused-ring (bicyclic) bond motifs is 5. The van der Waals surface area contributed by atoms with E-state index in [1.54, 1.807) is 12.1 Å². The molecule has 0 aliphatic rings. The monoisotopic (exact) mass is 328 g/mol. The van der Waals surface area contributed by atoms with Gasteiger partial charge in [-0.2, -0.15) is 0 Å². The minimum atomic E-state index is -0.674. The third-order valence-electron chi connectivity index (χ3n) is 3.95. The zero-order valence-corrected chi connectivity index (χ0v) is 12.7. The molecule has 2 heterocycles. The molecule has 0 unspecified atom stereocenters. The van der Waals surface area contributed by atoms with Crippen molar-refractivity contribution >= 4 is 32.9 Å². The van der Waals surface area contributed by atoms with Gasteiger partial charge in [0.2, 0.25) is 5.75 Å². The van der Waals surface area contributed by atoms with Crippen molar-refractivity contribution in [2.45, 2.75) is 0 Å². The Hall–Kier alpha value is -3.35. The topological polar surface area (TPSA) is 102 Å². The van der Waals surface area contributed by atoms with Crippen molar-refractivity contribution in [2.24, 2.45) is 0 Å². The number of hydrogen-bond donors (Lipinski definition) is 2. The Labute approximate surface area is 134 Å². The summed E-state index contributed by atoms with van der Waals surface area (Å²) in [5.41, 5.74) is -0.144. The second-order valence-electron chi connectivity index (χ2n) is 5.21. The molecule has 0 aliphatic heterocycles. The van der Waals surface area contributed by atoms with Crippen molar-refractivity contribution < 1.29 is 28.5 Å². The molecule has 7 nitrogen and oxygen atoms in total. The van der Waals surface area contributed by atoms with Crippen molar-refractivity contribution in [1.29, 1.82) is 0 Å². The van der Waals surface area contributed by atoms with Crippen LogP contribution in [0.2, 0.25) is 0 Å². The van der Waals surface area contributed by atoms with Crippen LogP contribution in [-0.2, 0) is 0 Å². The number of hydrogen-bond acceptors (Lipinski definition) is 7. The van der Waals surface area contributed by atoms with E-state index in [-0.39, 0.29) is 39.6 Å². The molecule has 2 N–H and O–H groups in total. The minimum Gasteiger partial charge on any atom is -0.504 e. The van der Waals surface area contributed by atoms with Gasteiger partial charge in [-0.3, -0.25) is 0 Å². The molecule has 2 aromatic carbocycles. The standard InChI is InChI=1S/C17H12O7/c1-21-10-4-3-7-15-13(17(20)24-16(7)14(10)19)8-5-12(22-2)9(18)6-11(8)23-15/h3-6,18-19H,1-2H3. The Bertz CT molecular complexity index is 1170. The Morgan fingerprint density at radius 2 is 1.67 bits per heavy atom. The Morgan fingerprint density at radius 3 is 2.38 bits per heavy atom. The number of methoxy groups -OCH3 is 2. The third-order valence-corrected chi connectivity index (χ3v) is 3.95. The number of phenols is 2. The molecule has 2 aromatic heterocycles. The van der Waals surface area contributed by atoms with Crippen LogP contribution in [0.4, 0.5) is 0 Å². The maximum atomic E-state index is 12.4. The van der Waals surface area contributed by atoms with Crippen LogP contribution < -0.4 is 15.1 Å². The first-order chi connectivity index (χ1) is 11.5. The molecule has 0 aliphatic carbocycles. The first kappa shape index (κ1) is 14.3. The summed E-state index contributed by atoms with van der Waals surface area (Å²) in [6.45, 7) is 0. The summed E-state index contributed by atoms with van der Waals surface area (Å²) in [6, 6.07) is 6.03. The van der Waals surface area contributed by atoms with E-state index in [2.05, 4.69) is 0 Å². The van der Waals surface area contributed by atoms with Gasteiger partial charge < -0.3 is 28.5 Å². The van der Waals surface area contributed by atoms with Crippen LogP contribution in [0.25, 0.3) is 32.9 Å². The van der Waals surface area contributed by atoms with Gasteiger partial charge in [0.15, 0.2) is 28.4 Å². The Kier molecular flexibility index (Phi) is 2.86. The number of benzene rings is 2. The summed E-state index contributed by atoms with van der Waals surface area (Å²) in [4.78, 5) is 12.4. The maximum absolute atomic E-state index is 12.4. The van der Waals surface area contributed by atoms with Gasteiger partial charge in [0, 0.05) is 11.5 Å². The highest BCUT2D eigenvalue weighted by Crippen LogP contribution is 2.41. The molecule has 4 aromatic rings. The van der Waals surface area contributed by atoms with E-state index in [4.69, 9.17) is 18.3 Å². The van der Waals surface area contributed by atoms with Gasteiger partial charge in [-0.05, 0) is 18.2 Å². The molecule has 0 radical (unpaired) electrons.